The number of nitrogens with one attached hydrogen (secondary N) is 2. The van der Waals surface area contributed by atoms with Gasteiger partial charge in [-0.05, 0) is 55.9 Å². The molecule has 166 valence electrons. The summed E-state index contributed by atoms with van der Waals surface area (Å²) in [4.78, 5) is 22.5. The number of para-hydroxylation sites is 2. The Hall–Kier alpha value is -2.58. The Balaban J connectivity index is 1.26. The first-order valence-corrected chi connectivity index (χ1v) is 11.9. The molecule has 1 aromatic heterocycles. The Morgan fingerprint density at radius 2 is 2.03 bits per heavy atom. The summed E-state index contributed by atoms with van der Waals surface area (Å²) in [6, 6.07) is 12.4. The van der Waals surface area contributed by atoms with Crippen molar-refractivity contribution in [2.45, 2.75) is 25.3 Å². The second-order valence-corrected chi connectivity index (χ2v) is 8.79. The molecule has 3 heterocycles. The van der Waals surface area contributed by atoms with E-state index in [0.717, 1.165) is 50.0 Å². The maximum atomic E-state index is 12.3. The third-order valence-electron chi connectivity index (χ3n) is 5.80. The Bertz CT molecular complexity index is 880. The van der Waals surface area contributed by atoms with Gasteiger partial charge in [0.25, 0.3) is 5.91 Å². The zero-order valence-corrected chi connectivity index (χ0v) is 18.9. The maximum Gasteiger partial charge on any atom is 0.265 e. The van der Waals surface area contributed by atoms with E-state index in [1.54, 1.807) is 7.05 Å². The number of guanidine groups is 1. The van der Waals surface area contributed by atoms with Crippen LogP contribution in [-0.2, 0) is 4.79 Å². The summed E-state index contributed by atoms with van der Waals surface area (Å²) in [7, 11) is 1.80. The molecular formula is C23H31N5O2S. The summed E-state index contributed by atoms with van der Waals surface area (Å²) in [6.07, 6.45) is 3.37. The van der Waals surface area contributed by atoms with Gasteiger partial charge in [-0.3, -0.25) is 14.7 Å². The van der Waals surface area contributed by atoms with Crippen LogP contribution in [0, 0.1) is 0 Å². The average Bonchev–Trinajstić information content (AvgIpc) is 3.51. The topological polar surface area (TPSA) is 69.2 Å². The monoisotopic (exact) mass is 441 g/mol. The number of ether oxygens (including phenoxy) is 1. The predicted octanol–water partition coefficient (Wildman–Crippen LogP) is 2.87. The Morgan fingerprint density at radius 1 is 1.19 bits per heavy atom. The van der Waals surface area contributed by atoms with Gasteiger partial charge in [0.15, 0.2) is 12.6 Å². The number of thiophene rings is 1. The molecule has 1 amide bonds. The van der Waals surface area contributed by atoms with Gasteiger partial charge in [-0.15, -0.1) is 11.3 Å². The third kappa shape index (κ3) is 5.37. The molecule has 0 radical (unpaired) electrons. The number of hydrogen-bond acceptors (Lipinski definition) is 5. The number of rotatable bonds is 8. The van der Waals surface area contributed by atoms with Gasteiger partial charge < -0.3 is 20.3 Å². The maximum absolute atomic E-state index is 12.3. The molecule has 1 atom stereocenters. The predicted molar refractivity (Wildman–Crippen MR) is 126 cm³/mol. The van der Waals surface area contributed by atoms with Crippen molar-refractivity contribution in [1.82, 2.24) is 15.5 Å². The molecule has 4 rings (SSSR count). The SMILES string of the molecule is CN=C(NCCCN1C(=O)COc2ccccc21)NCC(c1cccs1)N1CCCC1. The zero-order valence-electron chi connectivity index (χ0n) is 18.0. The number of hydrogen-bond donors (Lipinski definition) is 2. The fourth-order valence-corrected chi connectivity index (χ4v) is 5.06. The molecule has 7 nitrogen and oxygen atoms in total. The molecule has 1 unspecified atom stereocenters. The van der Waals surface area contributed by atoms with E-state index in [-0.39, 0.29) is 12.5 Å². The van der Waals surface area contributed by atoms with Crippen molar-refractivity contribution in [3.63, 3.8) is 0 Å². The number of anilines is 1. The number of amides is 1. The average molecular weight is 442 g/mol. The van der Waals surface area contributed by atoms with E-state index in [1.807, 2.05) is 40.5 Å². The van der Waals surface area contributed by atoms with Crippen molar-refractivity contribution in [3.05, 3.63) is 46.7 Å². The van der Waals surface area contributed by atoms with Crippen molar-refractivity contribution in [1.29, 1.82) is 0 Å². The number of fused-ring (bicyclic) bond motifs is 1. The van der Waals surface area contributed by atoms with Crippen molar-refractivity contribution in [2.24, 2.45) is 4.99 Å². The minimum atomic E-state index is 0.00519. The molecule has 0 bridgehead atoms. The lowest BCUT2D eigenvalue weighted by Crippen LogP contribution is -2.44. The lowest BCUT2D eigenvalue weighted by molar-refractivity contribution is -0.121. The van der Waals surface area contributed by atoms with E-state index < -0.39 is 0 Å². The summed E-state index contributed by atoms with van der Waals surface area (Å²) in [5, 5.41) is 9.04. The molecule has 0 aliphatic carbocycles. The van der Waals surface area contributed by atoms with E-state index in [2.05, 4.69) is 38.0 Å². The van der Waals surface area contributed by atoms with E-state index in [1.165, 1.54) is 17.7 Å². The number of nitrogens with zero attached hydrogens (tertiary/aromatic N) is 3. The standard InChI is InChI=1S/C23H31N5O2S/c1-24-23(26-16-19(21-10-6-15-31-21)27-12-4-5-13-27)25-11-7-14-28-18-8-2-3-9-20(18)30-17-22(28)29/h2-3,6,8-10,15,19H,4-5,7,11-14,16-17H2,1H3,(H2,24,25,26). The summed E-state index contributed by atoms with van der Waals surface area (Å²) in [5.74, 6) is 1.58. The Kier molecular flexibility index (Phi) is 7.43. The molecule has 2 aliphatic heterocycles. The molecule has 2 aliphatic rings. The first kappa shape index (κ1) is 21.6. The van der Waals surface area contributed by atoms with Gasteiger partial charge in [-0.1, -0.05) is 18.2 Å². The number of carbonyl (C=O) groups is 1. The van der Waals surface area contributed by atoms with Crippen LogP contribution >= 0.6 is 11.3 Å². The van der Waals surface area contributed by atoms with Gasteiger partial charge >= 0.3 is 0 Å². The van der Waals surface area contributed by atoms with Crippen LogP contribution in [0.1, 0.15) is 30.2 Å². The minimum absolute atomic E-state index is 0.00519. The van der Waals surface area contributed by atoms with Gasteiger partial charge in [0.2, 0.25) is 0 Å². The van der Waals surface area contributed by atoms with Gasteiger partial charge in [0.05, 0.1) is 11.7 Å². The van der Waals surface area contributed by atoms with Crippen LogP contribution in [0.15, 0.2) is 46.8 Å². The number of likely N-dealkylation sites (tertiary alicyclic amines) is 1. The molecule has 0 saturated carbocycles. The quantitative estimate of drug-likeness (QED) is 0.375. The molecular weight excluding hydrogens is 410 g/mol. The van der Waals surface area contributed by atoms with Crippen LogP contribution in [0.3, 0.4) is 0 Å². The number of benzene rings is 1. The van der Waals surface area contributed by atoms with Crippen molar-refractivity contribution < 1.29 is 9.53 Å². The zero-order chi connectivity index (χ0) is 21.5. The summed E-state index contributed by atoms with van der Waals surface area (Å²) >= 11 is 1.82. The first-order chi connectivity index (χ1) is 15.3. The van der Waals surface area contributed by atoms with Crippen LogP contribution in [0.25, 0.3) is 0 Å². The highest BCUT2D eigenvalue weighted by Gasteiger charge is 2.25. The highest BCUT2D eigenvalue weighted by Crippen LogP contribution is 2.31. The van der Waals surface area contributed by atoms with Crippen LogP contribution in [0.4, 0.5) is 5.69 Å². The van der Waals surface area contributed by atoms with Crippen LogP contribution in [-0.4, -0.2) is 63.1 Å². The molecule has 31 heavy (non-hydrogen) atoms. The Morgan fingerprint density at radius 3 is 2.81 bits per heavy atom. The summed E-state index contributed by atoms with van der Waals surface area (Å²) in [6.45, 7) is 4.63. The lowest BCUT2D eigenvalue weighted by Gasteiger charge is -2.29. The van der Waals surface area contributed by atoms with Crippen LogP contribution in [0.5, 0.6) is 5.75 Å². The molecule has 1 aromatic carbocycles. The van der Waals surface area contributed by atoms with Crippen molar-refractivity contribution >= 4 is 28.9 Å². The van der Waals surface area contributed by atoms with Crippen LogP contribution < -0.4 is 20.3 Å². The molecule has 0 spiro atoms. The number of aliphatic imine (C=N–C) groups is 1. The van der Waals surface area contributed by atoms with Gasteiger partial charge in [0.1, 0.15) is 5.75 Å². The fraction of sp³-hybridized carbons (Fsp3) is 0.478. The first-order valence-electron chi connectivity index (χ1n) is 11.0. The highest BCUT2D eigenvalue weighted by molar-refractivity contribution is 7.10. The normalized spacial score (nSPS) is 17.9. The van der Waals surface area contributed by atoms with Gasteiger partial charge in [-0.2, -0.15) is 0 Å². The van der Waals surface area contributed by atoms with E-state index >= 15 is 0 Å². The Labute approximate surface area is 188 Å². The summed E-state index contributed by atoms with van der Waals surface area (Å²) < 4.78 is 5.52. The second-order valence-electron chi connectivity index (χ2n) is 7.81. The fourth-order valence-electron chi connectivity index (χ4n) is 4.20. The largest absolute Gasteiger partial charge is 0.482 e. The van der Waals surface area contributed by atoms with Gasteiger partial charge in [-0.25, -0.2) is 0 Å². The molecule has 1 saturated heterocycles. The lowest BCUT2D eigenvalue weighted by atomic mass is 10.2. The molecule has 1 fully saturated rings. The van der Waals surface area contributed by atoms with E-state index in [4.69, 9.17) is 4.74 Å². The van der Waals surface area contributed by atoms with Crippen molar-refractivity contribution in [2.75, 3.05) is 51.3 Å². The molecule has 8 heteroatoms. The highest BCUT2D eigenvalue weighted by atomic mass is 32.1. The molecule has 2 aromatic rings. The number of carbonyl (C=O) groups excluding carboxylic acids is 1. The molecule has 2 N–H and O–H groups in total. The minimum Gasteiger partial charge on any atom is -0.482 e. The smallest absolute Gasteiger partial charge is 0.265 e. The van der Waals surface area contributed by atoms with Crippen molar-refractivity contribution in [3.8, 4) is 5.75 Å². The van der Waals surface area contributed by atoms with Crippen LogP contribution in [0.2, 0.25) is 0 Å². The summed E-state index contributed by atoms with van der Waals surface area (Å²) in [5.41, 5.74) is 0.852. The third-order valence-corrected chi connectivity index (χ3v) is 6.77. The second kappa shape index (κ2) is 10.6. The van der Waals surface area contributed by atoms with E-state index in [0.29, 0.717) is 12.6 Å². The van der Waals surface area contributed by atoms with Gasteiger partial charge in [0, 0.05) is 31.6 Å². The van der Waals surface area contributed by atoms with E-state index in [9.17, 15) is 4.79 Å².